The maximum absolute atomic E-state index is 11.9. The highest BCUT2D eigenvalue weighted by molar-refractivity contribution is 5.72. The fraction of sp³-hybridized carbons (Fsp3) is 0.458. The third-order valence-electron chi connectivity index (χ3n) is 5.08. The van der Waals surface area contributed by atoms with E-state index in [1.165, 1.54) is 0 Å². The molecule has 0 aliphatic carbocycles. The van der Waals surface area contributed by atoms with Gasteiger partial charge in [0.05, 0.1) is 19.1 Å². The normalized spacial score (nSPS) is 16.9. The van der Waals surface area contributed by atoms with E-state index in [9.17, 15) is 4.79 Å². The molecule has 0 radical (unpaired) electrons. The minimum absolute atomic E-state index is 0.0213. The number of piperidine rings is 1. The molecule has 5 heteroatoms. The summed E-state index contributed by atoms with van der Waals surface area (Å²) >= 11 is 0. The molecule has 29 heavy (non-hydrogen) atoms. The van der Waals surface area contributed by atoms with E-state index in [-0.39, 0.29) is 11.9 Å². The molecular weight excluding hydrogens is 366 g/mol. The predicted octanol–water partition coefficient (Wildman–Crippen LogP) is 4.31. The first-order valence-electron chi connectivity index (χ1n) is 10.5. The molecule has 2 aromatic carbocycles. The molecule has 1 saturated heterocycles. The summed E-state index contributed by atoms with van der Waals surface area (Å²) in [5, 5.41) is 0. The highest BCUT2D eigenvalue weighted by Gasteiger charge is 2.26. The van der Waals surface area contributed by atoms with Crippen molar-refractivity contribution in [3.05, 3.63) is 60.2 Å². The van der Waals surface area contributed by atoms with Crippen molar-refractivity contribution in [2.45, 2.75) is 32.8 Å². The minimum Gasteiger partial charge on any atom is -0.494 e. The van der Waals surface area contributed by atoms with E-state index >= 15 is 0 Å². The standard InChI is InChI=1S/C24H31NO4/c1-2-27-24(26)21-10-6-15-25(18-21)16-7-17-28-22-11-13-23(14-12-22)29-19-20-8-4-3-5-9-20/h3-5,8-9,11-14,21H,2,6-7,10,15-19H2,1H3/t21-/m1/s1. The molecule has 1 atom stereocenters. The van der Waals surface area contributed by atoms with Gasteiger partial charge in [0, 0.05) is 13.1 Å². The number of carbonyl (C=O) groups excluding carboxylic acids is 1. The van der Waals surface area contributed by atoms with Crippen LogP contribution in [0.1, 0.15) is 31.7 Å². The fourth-order valence-electron chi connectivity index (χ4n) is 3.56. The number of likely N-dealkylation sites (tertiary alicyclic amines) is 1. The largest absolute Gasteiger partial charge is 0.494 e. The van der Waals surface area contributed by atoms with Crippen molar-refractivity contribution in [3.63, 3.8) is 0 Å². The highest BCUT2D eigenvalue weighted by atomic mass is 16.5. The van der Waals surface area contributed by atoms with Gasteiger partial charge in [-0.2, -0.15) is 0 Å². The molecule has 0 saturated carbocycles. The second kappa shape index (κ2) is 11.5. The maximum atomic E-state index is 11.9. The molecular formula is C24H31NO4. The van der Waals surface area contributed by atoms with Crippen LogP contribution in [0.25, 0.3) is 0 Å². The fourth-order valence-corrected chi connectivity index (χ4v) is 3.56. The third-order valence-corrected chi connectivity index (χ3v) is 5.08. The van der Waals surface area contributed by atoms with Crippen molar-refractivity contribution in [3.8, 4) is 11.5 Å². The summed E-state index contributed by atoms with van der Waals surface area (Å²) in [6, 6.07) is 17.9. The Morgan fingerprint density at radius 2 is 1.76 bits per heavy atom. The topological polar surface area (TPSA) is 48.0 Å². The van der Waals surface area contributed by atoms with Gasteiger partial charge in [0.15, 0.2) is 0 Å². The van der Waals surface area contributed by atoms with E-state index < -0.39 is 0 Å². The second-order valence-electron chi connectivity index (χ2n) is 7.34. The van der Waals surface area contributed by atoms with E-state index in [4.69, 9.17) is 14.2 Å². The zero-order chi connectivity index (χ0) is 20.3. The maximum Gasteiger partial charge on any atom is 0.310 e. The van der Waals surface area contributed by atoms with Gasteiger partial charge in [-0.05, 0) is 62.6 Å². The highest BCUT2D eigenvalue weighted by Crippen LogP contribution is 2.20. The van der Waals surface area contributed by atoms with Crippen molar-refractivity contribution >= 4 is 5.97 Å². The Morgan fingerprint density at radius 1 is 1.03 bits per heavy atom. The van der Waals surface area contributed by atoms with Crippen LogP contribution in [0.5, 0.6) is 11.5 Å². The molecule has 0 N–H and O–H groups in total. The average molecular weight is 398 g/mol. The Hall–Kier alpha value is -2.53. The zero-order valence-corrected chi connectivity index (χ0v) is 17.2. The van der Waals surface area contributed by atoms with Crippen LogP contribution in [-0.2, 0) is 16.1 Å². The van der Waals surface area contributed by atoms with E-state index in [2.05, 4.69) is 17.0 Å². The van der Waals surface area contributed by atoms with Gasteiger partial charge in [-0.1, -0.05) is 30.3 Å². The number of nitrogens with zero attached hydrogens (tertiary/aromatic N) is 1. The average Bonchev–Trinajstić information content (AvgIpc) is 2.77. The molecule has 1 fully saturated rings. The van der Waals surface area contributed by atoms with Gasteiger partial charge in [-0.3, -0.25) is 4.79 Å². The number of esters is 1. The van der Waals surface area contributed by atoms with Crippen LogP contribution in [0.3, 0.4) is 0 Å². The Balaban J connectivity index is 1.33. The molecule has 0 aromatic heterocycles. The molecule has 1 aliphatic heterocycles. The Morgan fingerprint density at radius 3 is 2.48 bits per heavy atom. The quantitative estimate of drug-likeness (QED) is 0.442. The van der Waals surface area contributed by atoms with Gasteiger partial charge >= 0.3 is 5.97 Å². The summed E-state index contributed by atoms with van der Waals surface area (Å²) in [5.41, 5.74) is 1.15. The Bertz CT molecular complexity index is 732. The zero-order valence-electron chi connectivity index (χ0n) is 17.2. The van der Waals surface area contributed by atoms with Crippen molar-refractivity contribution in [1.82, 2.24) is 4.90 Å². The number of ether oxygens (including phenoxy) is 3. The molecule has 0 bridgehead atoms. The molecule has 2 aromatic rings. The summed E-state index contributed by atoms with van der Waals surface area (Å²) < 4.78 is 16.8. The number of hydrogen-bond acceptors (Lipinski definition) is 5. The molecule has 0 unspecified atom stereocenters. The SMILES string of the molecule is CCOC(=O)[C@@H]1CCCN(CCCOc2ccc(OCc3ccccc3)cc2)C1. The lowest BCUT2D eigenvalue weighted by molar-refractivity contribution is -0.149. The first kappa shape index (κ1) is 21.2. The summed E-state index contributed by atoms with van der Waals surface area (Å²) in [5.74, 6) is 1.65. The van der Waals surface area contributed by atoms with Crippen LogP contribution in [-0.4, -0.2) is 43.7 Å². The second-order valence-corrected chi connectivity index (χ2v) is 7.34. The summed E-state index contributed by atoms with van der Waals surface area (Å²) in [4.78, 5) is 14.3. The summed E-state index contributed by atoms with van der Waals surface area (Å²) in [6.07, 6.45) is 2.92. The first-order valence-corrected chi connectivity index (χ1v) is 10.5. The first-order chi connectivity index (χ1) is 14.2. The number of hydrogen-bond donors (Lipinski definition) is 0. The predicted molar refractivity (Wildman–Crippen MR) is 113 cm³/mol. The third kappa shape index (κ3) is 7.09. The van der Waals surface area contributed by atoms with E-state index in [1.807, 2.05) is 49.4 Å². The van der Waals surface area contributed by atoms with Crippen LogP contribution in [0.2, 0.25) is 0 Å². The smallest absolute Gasteiger partial charge is 0.310 e. The molecule has 1 aliphatic rings. The lowest BCUT2D eigenvalue weighted by atomic mass is 9.98. The minimum atomic E-state index is -0.0528. The van der Waals surface area contributed by atoms with Gasteiger partial charge in [0.2, 0.25) is 0 Å². The van der Waals surface area contributed by atoms with Gasteiger partial charge in [0.25, 0.3) is 0 Å². The molecule has 3 rings (SSSR count). The van der Waals surface area contributed by atoms with Crippen LogP contribution < -0.4 is 9.47 Å². The van der Waals surface area contributed by atoms with Gasteiger partial charge in [-0.25, -0.2) is 0 Å². The lowest BCUT2D eigenvalue weighted by Crippen LogP contribution is -2.40. The van der Waals surface area contributed by atoms with Crippen LogP contribution in [0.4, 0.5) is 0 Å². The number of rotatable bonds is 10. The van der Waals surface area contributed by atoms with Crippen molar-refractivity contribution in [1.29, 1.82) is 0 Å². The monoisotopic (exact) mass is 397 g/mol. The van der Waals surface area contributed by atoms with Gasteiger partial charge < -0.3 is 19.1 Å². The Kier molecular flexibility index (Phi) is 8.38. The van der Waals surface area contributed by atoms with Gasteiger partial charge in [0.1, 0.15) is 18.1 Å². The molecule has 5 nitrogen and oxygen atoms in total. The van der Waals surface area contributed by atoms with Crippen molar-refractivity contribution in [2.75, 3.05) is 32.8 Å². The van der Waals surface area contributed by atoms with Crippen molar-refractivity contribution < 1.29 is 19.0 Å². The molecule has 156 valence electrons. The Labute approximate surface area is 173 Å². The summed E-state index contributed by atoms with van der Waals surface area (Å²) in [7, 11) is 0. The molecule has 1 heterocycles. The molecule has 0 spiro atoms. The van der Waals surface area contributed by atoms with Crippen LogP contribution in [0, 0.1) is 5.92 Å². The van der Waals surface area contributed by atoms with E-state index in [0.717, 1.165) is 56.0 Å². The molecule has 0 amide bonds. The van der Waals surface area contributed by atoms with Gasteiger partial charge in [-0.15, -0.1) is 0 Å². The van der Waals surface area contributed by atoms with Crippen molar-refractivity contribution in [2.24, 2.45) is 5.92 Å². The van der Waals surface area contributed by atoms with E-state index in [1.54, 1.807) is 0 Å². The van der Waals surface area contributed by atoms with Crippen LogP contribution >= 0.6 is 0 Å². The summed E-state index contributed by atoms with van der Waals surface area (Å²) in [6.45, 7) is 6.31. The number of carbonyl (C=O) groups is 1. The van der Waals surface area contributed by atoms with Crippen LogP contribution in [0.15, 0.2) is 54.6 Å². The lowest BCUT2D eigenvalue weighted by Gasteiger charge is -2.31. The number of benzene rings is 2. The van der Waals surface area contributed by atoms with E-state index in [0.29, 0.717) is 19.8 Å².